The van der Waals surface area contributed by atoms with Crippen LogP contribution in [0.4, 0.5) is 0 Å². The second-order valence-electron chi connectivity index (χ2n) is 9.24. The Morgan fingerprint density at radius 1 is 0.714 bits per heavy atom. The van der Waals surface area contributed by atoms with Crippen LogP contribution in [0.2, 0.25) is 0 Å². The Hall–Kier alpha value is 0. The molecule has 0 spiro atoms. The van der Waals surface area contributed by atoms with Crippen molar-refractivity contribution < 1.29 is 0 Å². The van der Waals surface area contributed by atoms with Gasteiger partial charge in [-0.2, -0.15) is 0 Å². The normalized spacial score (nSPS) is 49.0. The van der Waals surface area contributed by atoms with Gasteiger partial charge in [-0.1, -0.05) is 65.7 Å². The first-order valence-electron chi connectivity index (χ1n) is 10.1. The summed E-state index contributed by atoms with van der Waals surface area (Å²) in [6.07, 6.45) is 18.3. The van der Waals surface area contributed by atoms with E-state index in [1.807, 2.05) is 0 Å². The predicted octanol–water partition coefficient (Wildman–Crippen LogP) is 6.84. The maximum absolute atomic E-state index is 2.70. The second-order valence-corrected chi connectivity index (χ2v) is 9.24. The van der Waals surface area contributed by atoms with Gasteiger partial charge >= 0.3 is 0 Å². The molecular weight excluding hydrogens is 252 g/mol. The molecule has 21 heavy (non-hydrogen) atoms. The Morgan fingerprint density at radius 2 is 1.48 bits per heavy atom. The van der Waals surface area contributed by atoms with Crippen LogP contribution in [0.15, 0.2) is 0 Å². The molecule has 3 aliphatic rings. The molecule has 0 aromatic carbocycles. The molecule has 5 unspecified atom stereocenters. The van der Waals surface area contributed by atoms with Crippen molar-refractivity contribution in [1.82, 2.24) is 0 Å². The van der Waals surface area contributed by atoms with Gasteiger partial charge < -0.3 is 0 Å². The van der Waals surface area contributed by atoms with Crippen molar-refractivity contribution in [2.45, 2.75) is 97.8 Å². The smallest absolute Gasteiger partial charge is 0.0266 e. The molecule has 0 aliphatic heterocycles. The quantitative estimate of drug-likeness (QED) is 0.458. The Balaban J connectivity index is 1.79. The van der Waals surface area contributed by atoms with Gasteiger partial charge in [0.2, 0.25) is 0 Å². The van der Waals surface area contributed by atoms with E-state index in [2.05, 4.69) is 20.8 Å². The second kappa shape index (κ2) is 6.63. The van der Waals surface area contributed by atoms with E-state index in [0.717, 1.165) is 29.6 Å². The van der Waals surface area contributed by atoms with Crippen LogP contribution in [0.1, 0.15) is 97.8 Å². The van der Waals surface area contributed by atoms with Gasteiger partial charge in [0.1, 0.15) is 0 Å². The molecule has 0 amide bonds. The Kier molecular flexibility index (Phi) is 5.01. The lowest BCUT2D eigenvalue weighted by atomic mass is 9.50. The first-order valence-corrected chi connectivity index (χ1v) is 10.1. The molecule has 3 saturated carbocycles. The van der Waals surface area contributed by atoms with E-state index >= 15 is 0 Å². The van der Waals surface area contributed by atoms with Crippen LogP contribution in [0.5, 0.6) is 0 Å². The van der Waals surface area contributed by atoms with Crippen LogP contribution in [0.3, 0.4) is 0 Å². The fourth-order valence-corrected chi connectivity index (χ4v) is 6.46. The fourth-order valence-electron chi connectivity index (χ4n) is 6.46. The zero-order valence-electron chi connectivity index (χ0n) is 14.9. The van der Waals surface area contributed by atoms with Crippen LogP contribution in [0, 0.1) is 35.0 Å². The minimum absolute atomic E-state index is 0.709. The molecule has 0 radical (unpaired) electrons. The van der Waals surface area contributed by atoms with E-state index in [1.54, 1.807) is 32.1 Å². The number of hydrogen-bond acceptors (Lipinski definition) is 0. The van der Waals surface area contributed by atoms with Gasteiger partial charge in [-0.3, -0.25) is 0 Å². The van der Waals surface area contributed by atoms with Crippen molar-refractivity contribution in [3.63, 3.8) is 0 Å². The average molecular weight is 291 g/mol. The summed E-state index contributed by atoms with van der Waals surface area (Å²) in [5.74, 6) is 5.14. The number of rotatable bonds is 0. The van der Waals surface area contributed by atoms with Gasteiger partial charge in [-0.25, -0.2) is 0 Å². The van der Waals surface area contributed by atoms with Gasteiger partial charge in [-0.15, -0.1) is 0 Å². The maximum atomic E-state index is 2.70. The topological polar surface area (TPSA) is 0 Å². The van der Waals surface area contributed by atoms with Crippen LogP contribution < -0.4 is 0 Å². The van der Waals surface area contributed by atoms with E-state index < -0.39 is 0 Å². The van der Waals surface area contributed by atoms with E-state index in [1.165, 1.54) is 44.9 Å². The molecule has 0 saturated heterocycles. The van der Waals surface area contributed by atoms with E-state index in [0.29, 0.717) is 5.41 Å². The minimum Gasteiger partial charge on any atom is -0.0625 e. The summed E-state index contributed by atoms with van der Waals surface area (Å²) in [4.78, 5) is 0. The standard InChI is InChI=1S/C21H38/c1-16-8-4-5-10-20-19(17(2)12-11-16)14-13-18-9-6-7-15-21(18,20)3/h16-20H,4-15H2,1-3H3/t16?,17?,18?,19?,20?,21-/m0/s1. The lowest BCUT2D eigenvalue weighted by Gasteiger charge is -2.55. The highest BCUT2D eigenvalue weighted by atomic mass is 14.5. The van der Waals surface area contributed by atoms with Gasteiger partial charge in [0, 0.05) is 0 Å². The zero-order valence-corrected chi connectivity index (χ0v) is 14.9. The minimum atomic E-state index is 0.709. The molecule has 3 rings (SSSR count). The van der Waals surface area contributed by atoms with Crippen molar-refractivity contribution >= 4 is 0 Å². The van der Waals surface area contributed by atoms with Crippen molar-refractivity contribution in [2.24, 2.45) is 35.0 Å². The van der Waals surface area contributed by atoms with Crippen LogP contribution in [0.25, 0.3) is 0 Å². The molecule has 0 nitrogen and oxygen atoms in total. The fraction of sp³-hybridized carbons (Fsp3) is 1.00. The van der Waals surface area contributed by atoms with Crippen LogP contribution >= 0.6 is 0 Å². The highest BCUT2D eigenvalue weighted by Gasteiger charge is 2.49. The molecule has 0 aromatic rings. The molecular formula is C21H38. The third kappa shape index (κ3) is 3.20. The van der Waals surface area contributed by atoms with E-state index in [9.17, 15) is 0 Å². The van der Waals surface area contributed by atoms with Crippen molar-refractivity contribution in [1.29, 1.82) is 0 Å². The van der Waals surface area contributed by atoms with Gasteiger partial charge in [0.15, 0.2) is 0 Å². The molecule has 3 aliphatic carbocycles. The van der Waals surface area contributed by atoms with Gasteiger partial charge in [-0.05, 0) is 67.1 Å². The molecule has 0 bridgehead atoms. The third-order valence-electron chi connectivity index (χ3n) is 7.97. The molecule has 0 N–H and O–H groups in total. The molecule has 3 fully saturated rings. The Morgan fingerprint density at radius 3 is 2.33 bits per heavy atom. The molecule has 122 valence electrons. The monoisotopic (exact) mass is 290 g/mol. The highest BCUT2D eigenvalue weighted by Crippen LogP contribution is 2.58. The number of hydrogen-bond donors (Lipinski definition) is 0. The Labute approximate surface area is 133 Å². The molecule has 0 heteroatoms. The van der Waals surface area contributed by atoms with Crippen LogP contribution in [-0.4, -0.2) is 0 Å². The first kappa shape index (κ1) is 15.9. The molecule has 0 aromatic heterocycles. The maximum Gasteiger partial charge on any atom is -0.0266 e. The largest absolute Gasteiger partial charge is 0.0625 e. The Bertz CT molecular complexity index is 333. The van der Waals surface area contributed by atoms with Gasteiger partial charge in [0.05, 0.1) is 0 Å². The summed E-state index contributed by atoms with van der Waals surface area (Å²) >= 11 is 0. The van der Waals surface area contributed by atoms with Crippen LogP contribution in [-0.2, 0) is 0 Å². The average Bonchev–Trinajstić information content (AvgIpc) is 2.48. The van der Waals surface area contributed by atoms with E-state index in [-0.39, 0.29) is 0 Å². The van der Waals surface area contributed by atoms with Crippen molar-refractivity contribution in [2.75, 3.05) is 0 Å². The zero-order chi connectivity index (χ0) is 14.9. The molecule has 0 heterocycles. The third-order valence-corrected chi connectivity index (χ3v) is 7.97. The summed E-state index contributed by atoms with van der Waals surface area (Å²) < 4.78 is 0. The van der Waals surface area contributed by atoms with Crippen molar-refractivity contribution in [3.05, 3.63) is 0 Å². The lowest BCUT2D eigenvalue weighted by Crippen LogP contribution is -2.47. The SMILES string of the molecule is CC1CCCCC2C(CCC3CCCC[C@@]32C)C(C)CC1. The summed E-state index contributed by atoms with van der Waals surface area (Å²) in [6, 6.07) is 0. The first-order chi connectivity index (χ1) is 10.1. The van der Waals surface area contributed by atoms with Crippen molar-refractivity contribution in [3.8, 4) is 0 Å². The molecule has 6 atom stereocenters. The summed E-state index contributed by atoms with van der Waals surface area (Å²) in [7, 11) is 0. The summed E-state index contributed by atoms with van der Waals surface area (Å²) in [5, 5.41) is 0. The summed E-state index contributed by atoms with van der Waals surface area (Å²) in [5.41, 5.74) is 0.709. The lowest BCUT2D eigenvalue weighted by molar-refractivity contribution is -0.0585. The van der Waals surface area contributed by atoms with E-state index in [4.69, 9.17) is 0 Å². The number of fused-ring (bicyclic) bond motifs is 3. The predicted molar refractivity (Wildman–Crippen MR) is 92.3 cm³/mol. The van der Waals surface area contributed by atoms with Gasteiger partial charge in [0.25, 0.3) is 0 Å². The summed E-state index contributed by atoms with van der Waals surface area (Å²) in [6.45, 7) is 7.79. The highest BCUT2D eigenvalue weighted by molar-refractivity contribution is 4.99.